The van der Waals surface area contributed by atoms with Crippen molar-refractivity contribution in [1.29, 1.82) is 0 Å². The lowest BCUT2D eigenvalue weighted by molar-refractivity contribution is -0.161. The number of carbonyl (C=O) groups is 4. The second-order valence-corrected chi connectivity index (χ2v) is 31.1. The molecule has 96 heavy (non-hydrogen) atoms. The molecule has 570 valence electrons. The van der Waals surface area contributed by atoms with Crippen LogP contribution in [-0.4, -0.2) is 96.7 Å². The van der Waals surface area contributed by atoms with Crippen molar-refractivity contribution in [1.82, 2.24) is 0 Å². The molecule has 17 nitrogen and oxygen atoms in total. The number of hydrogen-bond donors (Lipinski definition) is 3. The summed E-state index contributed by atoms with van der Waals surface area (Å²) < 4.78 is 68.6. The van der Waals surface area contributed by atoms with Crippen LogP contribution < -0.4 is 0 Å². The molecule has 0 rings (SSSR count). The van der Waals surface area contributed by atoms with Gasteiger partial charge in [-0.1, -0.05) is 356 Å². The minimum absolute atomic E-state index is 0.108. The van der Waals surface area contributed by atoms with Crippen molar-refractivity contribution in [3.05, 3.63) is 0 Å². The van der Waals surface area contributed by atoms with Gasteiger partial charge in [0, 0.05) is 25.7 Å². The molecule has 0 aliphatic carbocycles. The first-order chi connectivity index (χ1) is 46.5. The molecule has 19 heteroatoms. The SMILES string of the molecule is CCCCCCCCCCCCCCCCCCCCC(=O)O[C@H](COC(=O)CCCCCCCCCCCCCCCC(C)C)COP(=O)(O)OC[C@@H](O)COP(=O)(O)OC[C@@H](COC(=O)CCCCCCCCCCCCC)OC(=O)CCCCCCCCCCCCC. The van der Waals surface area contributed by atoms with Gasteiger partial charge in [-0.05, 0) is 31.6 Å². The van der Waals surface area contributed by atoms with Crippen LogP contribution in [0.3, 0.4) is 0 Å². The topological polar surface area (TPSA) is 237 Å². The van der Waals surface area contributed by atoms with E-state index in [4.69, 9.17) is 37.0 Å². The second-order valence-electron chi connectivity index (χ2n) is 28.2. The maximum Gasteiger partial charge on any atom is 0.472 e. The zero-order valence-corrected chi connectivity index (χ0v) is 64.3. The number of esters is 4. The third-order valence-corrected chi connectivity index (χ3v) is 19.9. The summed E-state index contributed by atoms with van der Waals surface area (Å²) in [4.78, 5) is 72.8. The average Bonchev–Trinajstić information content (AvgIpc) is 2.02. The molecule has 0 aromatic heterocycles. The third-order valence-electron chi connectivity index (χ3n) is 18.0. The van der Waals surface area contributed by atoms with Crippen molar-refractivity contribution in [2.75, 3.05) is 39.6 Å². The highest BCUT2D eigenvalue weighted by molar-refractivity contribution is 7.47. The smallest absolute Gasteiger partial charge is 0.462 e. The molecule has 0 aliphatic rings. The van der Waals surface area contributed by atoms with Gasteiger partial charge in [0.05, 0.1) is 26.4 Å². The van der Waals surface area contributed by atoms with E-state index >= 15 is 0 Å². The van der Waals surface area contributed by atoms with E-state index in [9.17, 15) is 43.2 Å². The predicted molar refractivity (Wildman–Crippen MR) is 391 cm³/mol. The Labute approximate surface area is 588 Å². The molecule has 0 aromatic carbocycles. The predicted octanol–water partition coefficient (Wildman–Crippen LogP) is 22.9. The Hall–Kier alpha value is -1.94. The zero-order valence-electron chi connectivity index (χ0n) is 62.5. The number of phosphoric ester groups is 2. The monoisotopic (exact) mass is 1410 g/mol. The Morgan fingerprint density at radius 1 is 0.281 bits per heavy atom. The van der Waals surface area contributed by atoms with Gasteiger partial charge in [-0.15, -0.1) is 0 Å². The fourth-order valence-corrected chi connectivity index (χ4v) is 13.5. The zero-order chi connectivity index (χ0) is 70.5. The van der Waals surface area contributed by atoms with E-state index in [1.165, 1.54) is 231 Å². The second kappa shape index (κ2) is 70.1. The van der Waals surface area contributed by atoms with Crippen LogP contribution in [0.1, 0.15) is 407 Å². The summed E-state index contributed by atoms with van der Waals surface area (Å²) in [6.45, 7) is 7.32. The summed E-state index contributed by atoms with van der Waals surface area (Å²) in [6, 6.07) is 0. The van der Waals surface area contributed by atoms with E-state index in [0.29, 0.717) is 25.7 Å². The molecule has 0 amide bonds. The quantitative estimate of drug-likeness (QED) is 0.0222. The minimum Gasteiger partial charge on any atom is -0.462 e. The van der Waals surface area contributed by atoms with Crippen molar-refractivity contribution in [3.8, 4) is 0 Å². The fourth-order valence-electron chi connectivity index (χ4n) is 11.9. The molecule has 3 N–H and O–H groups in total. The molecule has 0 fully saturated rings. The summed E-state index contributed by atoms with van der Waals surface area (Å²) in [5, 5.41) is 10.6. The molecule has 0 saturated carbocycles. The van der Waals surface area contributed by atoms with Crippen LogP contribution in [0, 0.1) is 5.92 Å². The molecular weight excluding hydrogens is 1260 g/mol. The van der Waals surface area contributed by atoms with E-state index in [1.807, 2.05) is 0 Å². The van der Waals surface area contributed by atoms with Crippen molar-refractivity contribution in [3.63, 3.8) is 0 Å². The first kappa shape index (κ1) is 94.1. The highest BCUT2D eigenvalue weighted by Gasteiger charge is 2.30. The van der Waals surface area contributed by atoms with Crippen LogP contribution in [-0.2, 0) is 65.4 Å². The van der Waals surface area contributed by atoms with Gasteiger partial charge < -0.3 is 33.8 Å². The Morgan fingerprint density at radius 2 is 0.479 bits per heavy atom. The molecule has 0 bridgehead atoms. The number of rotatable bonds is 77. The normalized spacial score (nSPS) is 13.9. The highest BCUT2D eigenvalue weighted by atomic mass is 31.2. The maximum absolute atomic E-state index is 13.1. The van der Waals surface area contributed by atoms with E-state index in [2.05, 4.69) is 34.6 Å². The van der Waals surface area contributed by atoms with Gasteiger partial charge >= 0.3 is 39.5 Å². The van der Waals surface area contributed by atoms with Crippen LogP contribution in [0.5, 0.6) is 0 Å². The van der Waals surface area contributed by atoms with E-state index in [1.54, 1.807) is 0 Å². The fraction of sp³-hybridized carbons (Fsp3) is 0.948. The molecule has 2 unspecified atom stereocenters. The summed E-state index contributed by atoms with van der Waals surface area (Å²) in [6.07, 6.45) is 59.5. The lowest BCUT2D eigenvalue weighted by Gasteiger charge is -2.21. The van der Waals surface area contributed by atoms with Crippen molar-refractivity contribution < 1.29 is 80.2 Å². The lowest BCUT2D eigenvalue weighted by atomic mass is 10.0. The first-order valence-corrected chi connectivity index (χ1v) is 43.1. The molecule has 0 spiro atoms. The van der Waals surface area contributed by atoms with Crippen molar-refractivity contribution >= 4 is 39.5 Å². The molecule has 0 aliphatic heterocycles. The van der Waals surface area contributed by atoms with Gasteiger partial charge in [0.2, 0.25) is 0 Å². The van der Waals surface area contributed by atoms with E-state index < -0.39 is 97.5 Å². The Bertz CT molecular complexity index is 1840. The average molecular weight is 1410 g/mol. The van der Waals surface area contributed by atoms with Gasteiger partial charge in [0.1, 0.15) is 19.3 Å². The van der Waals surface area contributed by atoms with Crippen LogP contribution in [0.4, 0.5) is 0 Å². The number of ether oxygens (including phenoxy) is 4. The molecule has 0 aromatic rings. The Kier molecular flexibility index (Phi) is 68.7. The van der Waals surface area contributed by atoms with Gasteiger partial charge in [0.15, 0.2) is 12.2 Å². The number of phosphoric acid groups is 2. The summed E-state index contributed by atoms with van der Waals surface area (Å²) in [7, 11) is -9.91. The Balaban J connectivity index is 5.23. The number of carbonyl (C=O) groups excluding carboxylic acids is 4. The van der Waals surface area contributed by atoms with Gasteiger partial charge in [-0.2, -0.15) is 0 Å². The minimum atomic E-state index is -4.96. The van der Waals surface area contributed by atoms with Gasteiger partial charge in [0.25, 0.3) is 0 Å². The van der Waals surface area contributed by atoms with Crippen LogP contribution >= 0.6 is 15.6 Å². The number of hydrogen-bond acceptors (Lipinski definition) is 15. The van der Waals surface area contributed by atoms with Crippen molar-refractivity contribution in [2.45, 2.75) is 425 Å². The lowest BCUT2D eigenvalue weighted by Crippen LogP contribution is -2.30. The standard InChI is InChI=1S/C77H150O17P2/c1-6-9-12-15-18-21-24-25-26-27-28-29-32-38-43-48-53-58-63-77(82)94-73(67-88-75(80)61-56-51-46-41-37-33-30-31-36-39-44-49-54-59-70(4)5)69-92-96(85,86)90-65-71(78)64-89-95(83,84)91-68-72(93-76(81)62-57-52-47-42-35-23-20-17-14-11-8-3)66-87-74(79)60-55-50-45-40-34-22-19-16-13-10-7-2/h70-73,78H,6-69H2,1-5H3,(H,83,84)(H,85,86)/t71-,72+,73+/m0/s1. The van der Waals surface area contributed by atoms with Crippen LogP contribution in [0.25, 0.3) is 0 Å². The highest BCUT2D eigenvalue weighted by Crippen LogP contribution is 2.45. The van der Waals surface area contributed by atoms with Crippen LogP contribution in [0.2, 0.25) is 0 Å². The largest absolute Gasteiger partial charge is 0.472 e. The summed E-state index contributed by atoms with van der Waals surface area (Å²) in [5.41, 5.74) is 0. The van der Waals surface area contributed by atoms with Gasteiger partial charge in [-0.3, -0.25) is 37.3 Å². The molecule has 5 atom stereocenters. The summed E-state index contributed by atoms with van der Waals surface area (Å²) in [5.74, 6) is -1.32. The van der Waals surface area contributed by atoms with Crippen LogP contribution in [0.15, 0.2) is 0 Å². The maximum atomic E-state index is 13.1. The number of aliphatic hydroxyl groups excluding tert-OH is 1. The van der Waals surface area contributed by atoms with Crippen molar-refractivity contribution in [2.24, 2.45) is 5.92 Å². The Morgan fingerprint density at radius 3 is 0.708 bits per heavy atom. The molecule has 0 saturated heterocycles. The third kappa shape index (κ3) is 70.5. The molecule has 0 heterocycles. The van der Waals surface area contributed by atoms with Gasteiger partial charge in [-0.25, -0.2) is 9.13 Å². The number of unbranched alkanes of at least 4 members (excludes halogenated alkanes) is 49. The molecule has 0 radical (unpaired) electrons. The van der Waals surface area contributed by atoms with E-state index in [0.717, 1.165) is 95.8 Å². The summed E-state index contributed by atoms with van der Waals surface area (Å²) >= 11 is 0. The number of aliphatic hydroxyl groups is 1. The molecular formula is C77H150O17P2. The first-order valence-electron chi connectivity index (χ1n) is 40.1. The van der Waals surface area contributed by atoms with E-state index in [-0.39, 0.29) is 25.7 Å².